The van der Waals surface area contributed by atoms with Gasteiger partial charge >= 0.3 is 5.97 Å². The standard InChI is InChI=1S/C39H33N3O6S/c1-4-46-30-18-16-29(17-19-30)36-34(38(44)47-5-2)35(28-9-7-6-8-10-28)41-39-42(36)37(43)33(49-39)22-27-15-20-31(32(21-27)45-3)48-24-26-13-11-25(23-40)12-14-26/h6-22,36H,4-5,24H2,1-3H3/b33-22-/t36-/m1/s1. The Morgan fingerprint density at radius 2 is 1.69 bits per heavy atom. The lowest BCUT2D eigenvalue weighted by atomic mass is 9.93. The van der Waals surface area contributed by atoms with Crippen LogP contribution in [0, 0.1) is 11.3 Å². The van der Waals surface area contributed by atoms with Gasteiger partial charge in [-0.25, -0.2) is 9.79 Å². The number of aromatic nitrogens is 1. The van der Waals surface area contributed by atoms with Crippen LogP contribution >= 0.6 is 11.3 Å². The summed E-state index contributed by atoms with van der Waals surface area (Å²) in [7, 11) is 1.56. The number of methoxy groups -OCH3 is 1. The molecule has 0 fully saturated rings. The first-order valence-corrected chi connectivity index (χ1v) is 16.6. The van der Waals surface area contributed by atoms with E-state index in [1.54, 1.807) is 48.9 Å². The third kappa shape index (κ3) is 7.03. The van der Waals surface area contributed by atoms with Gasteiger partial charge in [-0.15, -0.1) is 0 Å². The summed E-state index contributed by atoms with van der Waals surface area (Å²) in [5, 5.41) is 9.05. The number of nitrogens with zero attached hydrogens (tertiary/aromatic N) is 3. The van der Waals surface area contributed by atoms with E-state index in [4.69, 9.17) is 29.2 Å². The predicted molar refractivity (Wildman–Crippen MR) is 187 cm³/mol. The number of hydrogen-bond acceptors (Lipinski definition) is 9. The second-order valence-corrected chi connectivity index (χ2v) is 12.0. The number of esters is 1. The Hall–Kier alpha value is -5.92. The van der Waals surface area contributed by atoms with E-state index in [2.05, 4.69) is 6.07 Å². The minimum atomic E-state index is -0.795. The average molecular weight is 672 g/mol. The minimum Gasteiger partial charge on any atom is -0.494 e. The molecule has 4 aromatic carbocycles. The molecule has 6 rings (SSSR count). The summed E-state index contributed by atoms with van der Waals surface area (Å²) in [5.74, 6) is 1.17. The van der Waals surface area contributed by atoms with Crippen LogP contribution in [0.1, 0.15) is 47.7 Å². The van der Waals surface area contributed by atoms with Crippen LogP contribution in [0.2, 0.25) is 0 Å². The second-order valence-electron chi connectivity index (χ2n) is 10.9. The Morgan fingerprint density at radius 3 is 2.37 bits per heavy atom. The number of carbonyl (C=O) groups is 1. The quantitative estimate of drug-likeness (QED) is 0.163. The molecule has 0 spiro atoms. The van der Waals surface area contributed by atoms with Crippen LogP contribution in [0.3, 0.4) is 0 Å². The highest BCUT2D eigenvalue weighted by molar-refractivity contribution is 7.07. The van der Waals surface area contributed by atoms with Gasteiger partial charge in [-0.3, -0.25) is 9.36 Å². The molecular formula is C39H33N3O6S. The molecular weight excluding hydrogens is 639 g/mol. The van der Waals surface area contributed by atoms with Gasteiger partial charge in [0.1, 0.15) is 12.4 Å². The number of hydrogen-bond donors (Lipinski definition) is 0. The van der Waals surface area contributed by atoms with Crippen LogP contribution in [0.5, 0.6) is 17.2 Å². The highest BCUT2D eigenvalue weighted by Crippen LogP contribution is 2.36. The molecule has 0 N–H and O–H groups in total. The monoisotopic (exact) mass is 671 g/mol. The van der Waals surface area contributed by atoms with Crippen molar-refractivity contribution < 1.29 is 23.7 Å². The van der Waals surface area contributed by atoms with Crippen LogP contribution in [0.25, 0.3) is 11.8 Å². The Kier molecular flexibility index (Phi) is 10.0. The summed E-state index contributed by atoms with van der Waals surface area (Å²) in [4.78, 5) is 33.3. The second kappa shape index (κ2) is 14.9. The van der Waals surface area contributed by atoms with Crippen molar-refractivity contribution in [3.8, 4) is 23.3 Å². The molecule has 5 aromatic rings. The van der Waals surface area contributed by atoms with Crippen molar-refractivity contribution in [1.29, 1.82) is 5.26 Å². The SMILES string of the molecule is CCOC(=O)C1=C(c2ccccc2)N=c2s/c(=C\c3ccc(OCc4ccc(C#N)cc4)c(OC)c3)c(=O)n2[C@@H]1c1ccc(OCC)cc1. The van der Waals surface area contributed by atoms with E-state index < -0.39 is 12.0 Å². The fraction of sp³-hybridized carbons (Fsp3) is 0.179. The number of thiazole rings is 1. The van der Waals surface area contributed by atoms with Crippen LogP contribution in [0.4, 0.5) is 0 Å². The molecule has 1 aromatic heterocycles. The number of fused-ring (bicyclic) bond motifs is 1. The number of benzene rings is 4. The lowest BCUT2D eigenvalue weighted by Crippen LogP contribution is -2.40. The molecule has 0 saturated carbocycles. The van der Waals surface area contributed by atoms with Crippen LogP contribution in [-0.4, -0.2) is 30.9 Å². The maximum atomic E-state index is 14.3. The molecule has 246 valence electrons. The van der Waals surface area contributed by atoms with Crippen LogP contribution in [-0.2, 0) is 16.1 Å². The van der Waals surface area contributed by atoms with Gasteiger partial charge in [-0.2, -0.15) is 5.26 Å². The molecule has 1 atom stereocenters. The van der Waals surface area contributed by atoms with Crippen molar-refractivity contribution in [2.45, 2.75) is 26.5 Å². The fourth-order valence-electron chi connectivity index (χ4n) is 5.55. The predicted octanol–water partition coefficient (Wildman–Crippen LogP) is 5.79. The zero-order valence-electron chi connectivity index (χ0n) is 27.2. The maximum Gasteiger partial charge on any atom is 0.338 e. The molecule has 49 heavy (non-hydrogen) atoms. The van der Waals surface area contributed by atoms with Gasteiger partial charge in [0.15, 0.2) is 16.3 Å². The molecule has 2 heterocycles. The Bertz CT molecular complexity index is 2230. The fourth-order valence-corrected chi connectivity index (χ4v) is 6.55. The van der Waals surface area contributed by atoms with Gasteiger partial charge in [0.2, 0.25) is 0 Å². The number of carbonyl (C=O) groups excluding carboxylic acids is 1. The van der Waals surface area contributed by atoms with Crippen molar-refractivity contribution in [3.05, 3.63) is 150 Å². The third-order valence-corrected chi connectivity index (χ3v) is 8.83. The first kappa shape index (κ1) is 33.0. The third-order valence-electron chi connectivity index (χ3n) is 7.84. The molecule has 0 saturated heterocycles. The molecule has 0 unspecified atom stereocenters. The van der Waals surface area contributed by atoms with E-state index in [0.717, 1.165) is 16.7 Å². The van der Waals surface area contributed by atoms with Crippen molar-refractivity contribution >= 4 is 29.1 Å². The summed E-state index contributed by atoms with van der Waals surface area (Å²) in [6, 6.07) is 30.7. The van der Waals surface area contributed by atoms with Gasteiger partial charge in [-0.05, 0) is 73.0 Å². The largest absolute Gasteiger partial charge is 0.494 e. The summed E-state index contributed by atoms with van der Waals surface area (Å²) in [6.45, 7) is 4.63. The molecule has 0 bridgehead atoms. The first-order valence-electron chi connectivity index (χ1n) is 15.7. The van der Waals surface area contributed by atoms with Crippen molar-refractivity contribution in [2.75, 3.05) is 20.3 Å². The highest BCUT2D eigenvalue weighted by atomic mass is 32.1. The van der Waals surface area contributed by atoms with Gasteiger partial charge < -0.3 is 18.9 Å². The first-order chi connectivity index (χ1) is 23.9. The van der Waals surface area contributed by atoms with Gasteiger partial charge in [0, 0.05) is 5.56 Å². The van der Waals surface area contributed by atoms with E-state index in [1.165, 1.54) is 11.3 Å². The summed E-state index contributed by atoms with van der Waals surface area (Å²) in [5.41, 5.74) is 4.10. The molecule has 0 amide bonds. The van der Waals surface area contributed by atoms with Crippen molar-refractivity contribution in [1.82, 2.24) is 4.57 Å². The Morgan fingerprint density at radius 1 is 0.939 bits per heavy atom. The molecule has 9 nitrogen and oxygen atoms in total. The van der Waals surface area contributed by atoms with E-state index in [-0.39, 0.29) is 24.3 Å². The van der Waals surface area contributed by atoms with Crippen molar-refractivity contribution in [3.63, 3.8) is 0 Å². The van der Waals surface area contributed by atoms with E-state index in [0.29, 0.717) is 50.0 Å². The van der Waals surface area contributed by atoms with E-state index >= 15 is 0 Å². The van der Waals surface area contributed by atoms with Gasteiger partial charge in [-0.1, -0.05) is 72.0 Å². The van der Waals surface area contributed by atoms with Crippen molar-refractivity contribution in [2.24, 2.45) is 4.99 Å². The lowest BCUT2D eigenvalue weighted by molar-refractivity contribution is -0.138. The Labute approximate surface area is 287 Å². The summed E-state index contributed by atoms with van der Waals surface area (Å²) in [6.07, 6.45) is 1.78. The van der Waals surface area contributed by atoms with Gasteiger partial charge in [0.25, 0.3) is 5.56 Å². The van der Waals surface area contributed by atoms with E-state index in [1.807, 2.05) is 79.7 Å². The number of nitriles is 1. The zero-order valence-corrected chi connectivity index (χ0v) is 28.0. The van der Waals surface area contributed by atoms with Crippen LogP contribution in [0.15, 0.2) is 112 Å². The summed E-state index contributed by atoms with van der Waals surface area (Å²) >= 11 is 1.24. The number of ether oxygens (including phenoxy) is 4. The number of rotatable bonds is 11. The highest BCUT2D eigenvalue weighted by Gasteiger charge is 2.35. The Balaban J connectivity index is 1.44. The normalized spacial score (nSPS) is 14.0. The lowest BCUT2D eigenvalue weighted by Gasteiger charge is -2.26. The summed E-state index contributed by atoms with van der Waals surface area (Å²) < 4.78 is 24.9. The smallest absolute Gasteiger partial charge is 0.338 e. The maximum absolute atomic E-state index is 14.3. The molecule has 1 aliphatic rings. The topological polar surface area (TPSA) is 112 Å². The zero-order chi connectivity index (χ0) is 34.3. The minimum absolute atomic E-state index is 0.167. The molecule has 1 aliphatic heterocycles. The average Bonchev–Trinajstić information content (AvgIpc) is 3.45. The molecule has 10 heteroatoms. The van der Waals surface area contributed by atoms with E-state index in [9.17, 15) is 9.59 Å². The van der Waals surface area contributed by atoms with Crippen LogP contribution < -0.4 is 29.1 Å². The molecule has 0 radical (unpaired) electrons. The molecule has 0 aliphatic carbocycles. The van der Waals surface area contributed by atoms with Gasteiger partial charge in [0.05, 0.1) is 53.8 Å².